The molecule has 2 heterocycles. The number of aromatic hydroxyl groups is 1. The van der Waals surface area contributed by atoms with Crippen LogP contribution in [-0.4, -0.2) is 39.8 Å². The molecule has 0 radical (unpaired) electrons. The number of aryl methyl sites for hydroxylation is 1. The number of aromatic amines is 1. The number of rotatable bonds is 7. The van der Waals surface area contributed by atoms with E-state index in [1.165, 1.54) is 23.3 Å². The number of phenols is 1. The van der Waals surface area contributed by atoms with E-state index in [1.807, 2.05) is 0 Å². The van der Waals surface area contributed by atoms with Gasteiger partial charge in [0.15, 0.2) is 5.75 Å². The monoisotopic (exact) mass is 413 g/mol. The molecular weight excluding hydrogens is 390 g/mol. The van der Waals surface area contributed by atoms with Gasteiger partial charge in [0, 0.05) is 20.6 Å². The first kappa shape index (κ1) is 20.8. The summed E-state index contributed by atoms with van der Waals surface area (Å²) in [4.78, 5) is 39.1. The second-order valence-electron chi connectivity index (χ2n) is 6.70. The maximum absolute atomic E-state index is 12.9. The smallest absolute Gasteiger partial charge is 0.291 e. The van der Waals surface area contributed by atoms with Crippen LogP contribution in [0.2, 0.25) is 0 Å². The fourth-order valence-electron chi connectivity index (χ4n) is 2.87. The van der Waals surface area contributed by atoms with Crippen LogP contribution >= 0.6 is 0 Å². The SMILES string of the molecule is CCn1[nH]c(=O)c(NCc2ccco2)c(Nc2cccc(C(=O)N(C)C)c2O)c1=O. The maximum Gasteiger partial charge on any atom is 0.291 e. The number of anilines is 3. The largest absolute Gasteiger partial charge is 0.505 e. The number of furan rings is 1. The van der Waals surface area contributed by atoms with Gasteiger partial charge in [0.1, 0.15) is 17.1 Å². The van der Waals surface area contributed by atoms with Gasteiger partial charge in [0.2, 0.25) is 0 Å². The number of nitrogens with zero attached hydrogens (tertiary/aromatic N) is 2. The van der Waals surface area contributed by atoms with Crippen LogP contribution in [0.1, 0.15) is 23.0 Å². The number of aromatic nitrogens is 2. The van der Waals surface area contributed by atoms with Gasteiger partial charge in [-0.15, -0.1) is 0 Å². The summed E-state index contributed by atoms with van der Waals surface area (Å²) in [6.45, 7) is 2.13. The fraction of sp³-hybridized carbons (Fsp3) is 0.250. The molecule has 0 saturated heterocycles. The molecule has 10 nitrogen and oxygen atoms in total. The lowest BCUT2D eigenvalue weighted by Gasteiger charge is -2.17. The van der Waals surface area contributed by atoms with Crippen LogP contribution in [0.15, 0.2) is 50.6 Å². The van der Waals surface area contributed by atoms with Gasteiger partial charge in [0.25, 0.3) is 17.0 Å². The molecule has 10 heteroatoms. The maximum atomic E-state index is 12.9. The highest BCUT2D eigenvalue weighted by Crippen LogP contribution is 2.31. The number of amides is 1. The zero-order chi connectivity index (χ0) is 21.8. The van der Waals surface area contributed by atoms with Gasteiger partial charge < -0.3 is 25.1 Å². The lowest BCUT2D eigenvalue weighted by atomic mass is 10.1. The predicted molar refractivity (Wildman–Crippen MR) is 112 cm³/mol. The number of H-pyrrole nitrogens is 1. The van der Waals surface area contributed by atoms with E-state index in [2.05, 4.69) is 15.7 Å². The molecule has 2 aromatic heterocycles. The Labute approximate surface area is 171 Å². The van der Waals surface area contributed by atoms with E-state index < -0.39 is 17.0 Å². The van der Waals surface area contributed by atoms with E-state index in [9.17, 15) is 19.5 Å². The Morgan fingerprint density at radius 1 is 1.20 bits per heavy atom. The highest BCUT2D eigenvalue weighted by Gasteiger charge is 2.20. The van der Waals surface area contributed by atoms with Crippen molar-refractivity contribution in [2.75, 3.05) is 24.7 Å². The molecule has 0 saturated carbocycles. The Morgan fingerprint density at radius 2 is 1.97 bits per heavy atom. The second kappa shape index (κ2) is 8.60. The van der Waals surface area contributed by atoms with E-state index in [0.717, 1.165) is 4.68 Å². The quantitative estimate of drug-likeness (QED) is 0.435. The van der Waals surface area contributed by atoms with Crippen molar-refractivity contribution in [2.24, 2.45) is 0 Å². The van der Waals surface area contributed by atoms with Crippen LogP contribution in [-0.2, 0) is 13.1 Å². The van der Waals surface area contributed by atoms with Gasteiger partial charge in [-0.2, -0.15) is 0 Å². The number of carbonyl (C=O) groups excluding carboxylic acids is 1. The van der Waals surface area contributed by atoms with E-state index in [1.54, 1.807) is 39.2 Å². The molecule has 0 fully saturated rings. The fourth-order valence-corrected chi connectivity index (χ4v) is 2.87. The lowest BCUT2D eigenvalue weighted by Crippen LogP contribution is -2.33. The van der Waals surface area contributed by atoms with Gasteiger partial charge >= 0.3 is 0 Å². The Hall–Kier alpha value is -3.95. The Balaban J connectivity index is 2.05. The number of nitrogens with one attached hydrogen (secondary N) is 3. The van der Waals surface area contributed by atoms with Crippen LogP contribution in [0.4, 0.5) is 17.1 Å². The molecule has 3 rings (SSSR count). The van der Waals surface area contributed by atoms with Crippen molar-refractivity contribution >= 4 is 23.0 Å². The van der Waals surface area contributed by atoms with Crippen molar-refractivity contribution in [3.05, 3.63) is 68.6 Å². The molecule has 1 amide bonds. The highest BCUT2D eigenvalue weighted by molar-refractivity contribution is 5.98. The first-order chi connectivity index (χ1) is 14.3. The van der Waals surface area contributed by atoms with Crippen LogP contribution < -0.4 is 21.8 Å². The third-order valence-electron chi connectivity index (χ3n) is 4.44. The number of benzene rings is 1. The third-order valence-corrected chi connectivity index (χ3v) is 4.44. The molecule has 3 aromatic rings. The van der Waals surface area contributed by atoms with Gasteiger partial charge in [-0.05, 0) is 31.2 Å². The zero-order valence-corrected chi connectivity index (χ0v) is 16.9. The molecule has 0 unspecified atom stereocenters. The molecule has 158 valence electrons. The first-order valence-corrected chi connectivity index (χ1v) is 9.27. The number of hydrogen-bond donors (Lipinski definition) is 4. The van der Waals surface area contributed by atoms with Crippen LogP contribution in [0.5, 0.6) is 5.75 Å². The van der Waals surface area contributed by atoms with Crippen molar-refractivity contribution in [1.82, 2.24) is 14.7 Å². The summed E-state index contributed by atoms with van der Waals surface area (Å²) in [7, 11) is 3.13. The lowest BCUT2D eigenvalue weighted by molar-refractivity contribution is 0.0824. The number of carbonyl (C=O) groups is 1. The molecule has 0 bridgehead atoms. The minimum absolute atomic E-state index is 0.00941. The molecule has 4 N–H and O–H groups in total. The summed E-state index contributed by atoms with van der Waals surface area (Å²) in [6, 6.07) is 7.99. The summed E-state index contributed by atoms with van der Waals surface area (Å²) >= 11 is 0. The number of hydrogen-bond acceptors (Lipinski definition) is 7. The van der Waals surface area contributed by atoms with Crippen molar-refractivity contribution in [2.45, 2.75) is 20.0 Å². The average molecular weight is 413 g/mol. The molecule has 0 atom stereocenters. The minimum atomic E-state index is -0.523. The molecule has 0 aliphatic heterocycles. The Morgan fingerprint density at radius 3 is 2.60 bits per heavy atom. The normalized spacial score (nSPS) is 10.6. The van der Waals surface area contributed by atoms with Gasteiger partial charge in [0.05, 0.1) is 24.1 Å². The Kier molecular flexibility index (Phi) is 5.95. The summed E-state index contributed by atoms with van der Waals surface area (Å²) in [5.74, 6) is -0.151. The number of phenolic OH excluding ortho intramolecular Hbond substituents is 1. The summed E-state index contributed by atoms with van der Waals surface area (Å²) in [5.41, 5.74) is -0.903. The van der Waals surface area contributed by atoms with Crippen molar-refractivity contribution in [3.8, 4) is 5.75 Å². The second-order valence-corrected chi connectivity index (χ2v) is 6.70. The molecule has 0 aliphatic rings. The standard InChI is InChI=1S/C20H23N5O5/c1-4-25-20(29)16(15(18(27)23-25)21-11-12-7-6-10-30-12)22-14-9-5-8-13(17(14)26)19(28)24(2)3/h5-10,21-22,26H,4,11H2,1-3H3,(H,23,27). The van der Waals surface area contributed by atoms with Crippen molar-refractivity contribution in [1.29, 1.82) is 0 Å². The Bertz CT molecular complexity index is 1160. The van der Waals surface area contributed by atoms with Crippen molar-refractivity contribution in [3.63, 3.8) is 0 Å². The highest BCUT2D eigenvalue weighted by atomic mass is 16.3. The van der Waals surface area contributed by atoms with Gasteiger partial charge in [-0.1, -0.05) is 6.07 Å². The van der Waals surface area contributed by atoms with E-state index in [4.69, 9.17) is 4.42 Å². The average Bonchev–Trinajstić information content (AvgIpc) is 3.24. The first-order valence-electron chi connectivity index (χ1n) is 9.27. The topological polar surface area (TPSA) is 133 Å². The zero-order valence-electron chi connectivity index (χ0n) is 16.9. The van der Waals surface area contributed by atoms with Crippen LogP contribution in [0.25, 0.3) is 0 Å². The predicted octanol–water partition coefficient (Wildman–Crippen LogP) is 1.91. The number of para-hydroxylation sites is 1. The molecular formula is C20H23N5O5. The summed E-state index contributed by atoms with van der Waals surface area (Å²) < 4.78 is 6.40. The summed E-state index contributed by atoms with van der Waals surface area (Å²) in [6.07, 6.45) is 1.50. The summed E-state index contributed by atoms with van der Waals surface area (Å²) in [5, 5.41) is 18.8. The molecule has 0 aliphatic carbocycles. The molecule has 1 aromatic carbocycles. The third kappa shape index (κ3) is 4.07. The minimum Gasteiger partial charge on any atom is -0.505 e. The van der Waals surface area contributed by atoms with Gasteiger partial charge in [-0.3, -0.25) is 19.5 Å². The molecule has 30 heavy (non-hydrogen) atoms. The van der Waals surface area contributed by atoms with E-state index in [0.29, 0.717) is 5.76 Å². The molecule has 0 spiro atoms. The van der Waals surface area contributed by atoms with Crippen LogP contribution in [0.3, 0.4) is 0 Å². The van der Waals surface area contributed by atoms with Crippen molar-refractivity contribution < 1.29 is 14.3 Å². The van der Waals surface area contributed by atoms with E-state index in [-0.39, 0.29) is 41.5 Å². The van der Waals surface area contributed by atoms with Gasteiger partial charge in [-0.25, -0.2) is 4.68 Å². The van der Waals surface area contributed by atoms with Crippen LogP contribution in [0, 0.1) is 0 Å². The van der Waals surface area contributed by atoms with E-state index >= 15 is 0 Å².